The lowest BCUT2D eigenvalue weighted by Gasteiger charge is -2.12. The summed E-state index contributed by atoms with van der Waals surface area (Å²) >= 11 is 0. The summed E-state index contributed by atoms with van der Waals surface area (Å²) < 4.78 is 14.3. The van der Waals surface area contributed by atoms with Gasteiger partial charge in [0.1, 0.15) is 34.8 Å². The normalized spacial score (nSPS) is 17.3. The summed E-state index contributed by atoms with van der Waals surface area (Å²) in [5, 5.41) is 17.4. The fourth-order valence-corrected chi connectivity index (χ4v) is 8.11. The number of carbonyl (C=O) groups excluding carboxylic acids is 2. The molecule has 8 heterocycles. The molecule has 4 atom stereocenters. The van der Waals surface area contributed by atoms with Crippen molar-refractivity contribution in [2.45, 2.75) is 38.5 Å². The van der Waals surface area contributed by atoms with Gasteiger partial charge in [-0.15, -0.1) is 0 Å². The zero-order valence-electron chi connectivity index (χ0n) is 36.1. The Morgan fingerprint density at radius 1 is 0.625 bits per heavy atom. The molecular formula is C46H46N14O4. The van der Waals surface area contributed by atoms with Crippen molar-refractivity contribution in [3.05, 3.63) is 108 Å². The molecule has 8 aromatic rings. The predicted molar refractivity (Wildman–Crippen MR) is 242 cm³/mol. The number of nitrogens with one attached hydrogen (secondary N) is 2. The Bertz CT molecular complexity index is 2900. The second kappa shape index (κ2) is 16.7. The van der Waals surface area contributed by atoms with Crippen molar-refractivity contribution in [2.75, 3.05) is 36.3 Å². The van der Waals surface area contributed by atoms with E-state index in [1.807, 2.05) is 77.0 Å². The van der Waals surface area contributed by atoms with Gasteiger partial charge in [-0.2, -0.15) is 10.2 Å². The topological polar surface area (TPSA) is 242 Å². The second-order valence-corrected chi connectivity index (χ2v) is 16.2. The van der Waals surface area contributed by atoms with Crippen LogP contribution < -0.4 is 31.6 Å². The van der Waals surface area contributed by atoms with E-state index in [9.17, 15) is 9.59 Å². The summed E-state index contributed by atoms with van der Waals surface area (Å²) in [4.78, 5) is 51.7. The maximum Gasteiger partial charge on any atom is 0.229 e. The van der Waals surface area contributed by atoms with Gasteiger partial charge in [-0.1, -0.05) is 0 Å². The van der Waals surface area contributed by atoms with E-state index in [0.717, 1.165) is 67.8 Å². The SMILES string of the molecule is COc1cncc(-c2cc3cc(NC(=O)[C@@H]4C[C@H]4c4cnn(C)c4)ncc3c(N)n2)c1C.COc1cncc(-c2cc3cc(NC(=O)[C@H]4C[C@@H]4c4cnn(C)c4)ncc3c(N)n2)c1C. The first-order valence-electron chi connectivity index (χ1n) is 20.6. The molecule has 2 amide bonds. The maximum atomic E-state index is 12.7. The van der Waals surface area contributed by atoms with E-state index in [-0.39, 0.29) is 35.5 Å². The number of methoxy groups -OCH3 is 2. The van der Waals surface area contributed by atoms with Crippen molar-refractivity contribution >= 4 is 56.6 Å². The first kappa shape index (κ1) is 41.3. The molecule has 0 aromatic carbocycles. The number of rotatable bonds is 10. The van der Waals surface area contributed by atoms with E-state index in [4.69, 9.17) is 20.9 Å². The number of pyridine rings is 6. The van der Waals surface area contributed by atoms with Crippen LogP contribution in [0.15, 0.2) is 86.2 Å². The van der Waals surface area contributed by atoms with Crippen LogP contribution in [-0.2, 0) is 23.7 Å². The van der Waals surface area contributed by atoms with E-state index in [0.29, 0.717) is 46.2 Å². The van der Waals surface area contributed by atoms with Crippen molar-refractivity contribution in [1.82, 2.24) is 49.5 Å². The number of ether oxygens (including phenoxy) is 2. The molecule has 10 rings (SSSR count). The van der Waals surface area contributed by atoms with Gasteiger partial charge >= 0.3 is 0 Å². The molecule has 0 aliphatic heterocycles. The van der Waals surface area contributed by atoms with Crippen LogP contribution in [0.5, 0.6) is 11.5 Å². The van der Waals surface area contributed by atoms with Gasteiger partial charge in [-0.25, -0.2) is 19.9 Å². The number of amides is 2. The number of nitrogen functional groups attached to an aromatic ring is 2. The van der Waals surface area contributed by atoms with Crippen molar-refractivity contribution < 1.29 is 19.1 Å². The predicted octanol–water partition coefficient (Wildman–Crippen LogP) is 6.13. The zero-order chi connectivity index (χ0) is 44.8. The molecule has 0 saturated heterocycles. The molecule has 8 aromatic heterocycles. The highest BCUT2D eigenvalue weighted by molar-refractivity contribution is 6.00. The smallest absolute Gasteiger partial charge is 0.229 e. The lowest BCUT2D eigenvalue weighted by molar-refractivity contribution is -0.118. The van der Waals surface area contributed by atoms with Crippen molar-refractivity contribution in [3.8, 4) is 34.0 Å². The molecule has 2 aliphatic rings. The highest BCUT2D eigenvalue weighted by Gasteiger charge is 2.45. The number of hydrogen-bond acceptors (Lipinski definition) is 14. The Kier molecular flexibility index (Phi) is 10.8. The van der Waals surface area contributed by atoms with Crippen LogP contribution in [0.4, 0.5) is 23.3 Å². The van der Waals surface area contributed by atoms with Gasteiger partial charge < -0.3 is 31.6 Å². The minimum Gasteiger partial charge on any atom is -0.495 e. The second-order valence-electron chi connectivity index (χ2n) is 16.2. The van der Waals surface area contributed by atoms with Crippen LogP contribution in [0.25, 0.3) is 44.1 Å². The summed E-state index contributed by atoms with van der Waals surface area (Å²) in [6.07, 6.45) is 19.3. The van der Waals surface area contributed by atoms with E-state index in [1.54, 1.807) is 60.8 Å². The first-order chi connectivity index (χ1) is 30.9. The standard InChI is InChI=1S/2C23H23N7O2/c2*1-12-17(8-25-10-20(12)32-3)19-4-13-5-21(26-9-18(13)22(24)28-19)29-23(31)16-6-15(16)14-7-27-30(2)11-14/h2*4-5,7-11,15-16H,6H2,1-3H3,(H2,24,28)(H,26,29,31)/t2*15-,16+/m10/s1. The Balaban J connectivity index is 0.000000162. The van der Waals surface area contributed by atoms with E-state index < -0.39 is 0 Å². The monoisotopic (exact) mass is 858 g/mol. The quantitative estimate of drug-likeness (QED) is 0.121. The Morgan fingerprint density at radius 2 is 1.05 bits per heavy atom. The molecule has 0 radical (unpaired) electrons. The summed E-state index contributed by atoms with van der Waals surface area (Å²) in [6.45, 7) is 3.90. The molecule has 64 heavy (non-hydrogen) atoms. The van der Waals surface area contributed by atoms with Crippen LogP contribution in [0, 0.1) is 25.7 Å². The van der Waals surface area contributed by atoms with Gasteiger partial charge in [0.25, 0.3) is 0 Å². The van der Waals surface area contributed by atoms with Crippen LogP contribution in [0.1, 0.15) is 46.9 Å². The number of fused-ring (bicyclic) bond motifs is 2. The number of nitrogens with two attached hydrogens (primary N) is 2. The third-order valence-corrected chi connectivity index (χ3v) is 11.9. The number of nitrogens with zero attached hydrogens (tertiary/aromatic N) is 10. The Morgan fingerprint density at radius 3 is 1.42 bits per heavy atom. The average Bonchev–Trinajstić information content (AvgIpc) is 4.18. The van der Waals surface area contributed by atoms with Crippen LogP contribution in [0.2, 0.25) is 0 Å². The van der Waals surface area contributed by atoms with Gasteiger partial charge in [0.2, 0.25) is 11.8 Å². The fourth-order valence-electron chi connectivity index (χ4n) is 8.11. The molecule has 2 aliphatic carbocycles. The lowest BCUT2D eigenvalue weighted by Crippen LogP contribution is -2.15. The molecule has 324 valence electrons. The molecule has 2 fully saturated rings. The molecule has 2 saturated carbocycles. The summed E-state index contributed by atoms with van der Waals surface area (Å²) in [7, 11) is 6.96. The Labute approximate surface area is 367 Å². The summed E-state index contributed by atoms with van der Waals surface area (Å²) in [5.74, 6) is 3.25. The van der Waals surface area contributed by atoms with Crippen molar-refractivity contribution in [2.24, 2.45) is 25.9 Å². The molecule has 0 spiro atoms. The largest absolute Gasteiger partial charge is 0.495 e. The third kappa shape index (κ3) is 8.19. The van der Waals surface area contributed by atoms with Gasteiger partial charge in [-0.3, -0.25) is 28.9 Å². The Hall–Kier alpha value is -8.02. The molecule has 6 N–H and O–H groups in total. The number of aryl methyl sites for hydroxylation is 2. The van der Waals surface area contributed by atoms with Crippen LogP contribution in [-0.4, -0.2) is 75.5 Å². The molecule has 18 nitrogen and oxygen atoms in total. The number of aromatic nitrogens is 10. The third-order valence-electron chi connectivity index (χ3n) is 11.9. The molecule has 18 heteroatoms. The van der Waals surface area contributed by atoms with E-state index in [1.165, 1.54) is 0 Å². The molecule has 0 unspecified atom stereocenters. The van der Waals surface area contributed by atoms with Crippen molar-refractivity contribution in [1.29, 1.82) is 0 Å². The highest BCUT2D eigenvalue weighted by atomic mass is 16.5. The number of hydrogen-bond donors (Lipinski definition) is 4. The highest BCUT2D eigenvalue weighted by Crippen LogP contribution is 2.49. The van der Waals surface area contributed by atoms with Crippen LogP contribution in [0.3, 0.4) is 0 Å². The van der Waals surface area contributed by atoms with E-state index in [2.05, 4.69) is 50.7 Å². The maximum absolute atomic E-state index is 12.7. The first-order valence-corrected chi connectivity index (χ1v) is 20.6. The zero-order valence-corrected chi connectivity index (χ0v) is 36.1. The van der Waals surface area contributed by atoms with Gasteiger partial charge in [0, 0.05) is 96.1 Å². The molecule has 0 bridgehead atoms. The van der Waals surface area contributed by atoms with Gasteiger partial charge in [0.15, 0.2) is 0 Å². The molecular weight excluding hydrogens is 813 g/mol. The number of anilines is 4. The number of carbonyl (C=O) groups is 2. The lowest BCUT2D eigenvalue weighted by atomic mass is 10.0. The van der Waals surface area contributed by atoms with Gasteiger partial charge in [-0.05, 0) is 84.7 Å². The van der Waals surface area contributed by atoms with Crippen molar-refractivity contribution in [3.63, 3.8) is 0 Å². The fraction of sp³-hybridized carbons (Fsp3) is 0.261. The average molecular weight is 859 g/mol. The minimum atomic E-state index is -0.0692. The summed E-state index contributed by atoms with van der Waals surface area (Å²) in [5.41, 5.74) is 19.5. The summed E-state index contributed by atoms with van der Waals surface area (Å²) in [6, 6.07) is 7.47. The minimum absolute atomic E-state index is 0.0409. The van der Waals surface area contributed by atoms with E-state index >= 15 is 0 Å². The van der Waals surface area contributed by atoms with Crippen LogP contribution >= 0.6 is 0 Å². The van der Waals surface area contributed by atoms with Gasteiger partial charge in [0.05, 0.1) is 50.4 Å².